The summed E-state index contributed by atoms with van der Waals surface area (Å²) in [4.78, 5) is 14.9. The maximum absolute atomic E-state index is 10.7. The number of nitrogens with one attached hydrogen (secondary N) is 2. The zero-order valence-electron chi connectivity index (χ0n) is 8.08. The van der Waals surface area contributed by atoms with E-state index in [0.717, 1.165) is 6.54 Å². The lowest BCUT2D eigenvalue weighted by Crippen LogP contribution is -2.34. The third-order valence-electron chi connectivity index (χ3n) is 2.32. The normalized spacial score (nSPS) is 19.9. The van der Waals surface area contributed by atoms with Gasteiger partial charge >= 0.3 is 0 Å². The lowest BCUT2D eigenvalue weighted by Gasteiger charge is -2.27. The highest BCUT2D eigenvalue weighted by Gasteiger charge is 2.18. The van der Waals surface area contributed by atoms with Gasteiger partial charge in [0.25, 0.3) is 0 Å². The van der Waals surface area contributed by atoms with Gasteiger partial charge in [0.05, 0.1) is 0 Å². The third-order valence-corrected chi connectivity index (χ3v) is 2.32. The Bertz CT molecular complexity index is 330. The fraction of sp³-hybridized carbons (Fsp3) is 0.400. The van der Waals surface area contributed by atoms with Gasteiger partial charge in [-0.25, -0.2) is 4.98 Å². The standard InChI is InChI=1S/C10H13N3O/c1-7(14)13-10-3-2-8(6-12-10)9-4-5-11-9/h2-3,6,9,11H,4-5H2,1H3,(H,12,13,14)/t9-/m0/s1. The molecule has 4 heteroatoms. The molecule has 0 aromatic carbocycles. The molecule has 1 aromatic rings. The Morgan fingerprint density at radius 3 is 2.86 bits per heavy atom. The molecule has 0 aliphatic carbocycles. The van der Waals surface area contributed by atoms with Crippen LogP contribution in [0.3, 0.4) is 0 Å². The van der Waals surface area contributed by atoms with Gasteiger partial charge in [0.2, 0.25) is 5.91 Å². The van der Waals surface area contributed by atoms with Crippen LogP contribution in [0.4, 0.5) is 5.82 Å². The van der Waals surface area contributed by atoms with Gasteiger partial charge < -0.3 is 10.6 Å². The molecule has 2 N–H and O–H groups in total. The summed E-state index contributed by atoms with van der Waals surface area (Å²) < 4.78 is 0. The minimum absolute atomic E-state index is 0.0907. The summed E-state index contributed by atoms with van der Waals surface area (Å²) in [6.45, 7) is 2.56. The third kappa shape index (κ3) is 1.90. The summed E-state index contributed by atoms with van der Waals surface area (Å²) in [6, 6.07) is 4.28. The largest absolute Gasteiger partial charge is 0.311 e. The molecule has 0 spiro atoms. The van der Waals surface area contributed by atoms with Crippen LogP contribution in [0.25, 0.3) is 0 Å². The van der Waals surface area contributed by atoms with E-state index < -0.39 is 0 Å². The minimum atomic E-state index is -0.0907. The number of aromatic nitrogens is 1. The number of anilines is 1. The molecule has 0 bridgehead atoms. The number of hydrogen-bond acceptors (Lipinski definition) is 3. The van der Waals surface area contributed by atoms with Gasteiger partial charge in [-0.3, -0.25) is 4.79 Å². The molecule has 2 rings (SSSR count). The van der Waals surface area contributed by atoms with E-state index in [4.69, 9.17) is 0 Å². The predicted octanol–water partition coefficient (Wildman–Crippen LogP) is 1.07. The molecule has 4 nitrogen and oxygen atoms in total. The lowest BCUT2D eigenvalue weighted by molar-refractivity contribution is -0.114. The van der Waals surface area contributed by atoms with Crippen molar-refractivity contribution in [2.75, 3.05) is 11.9 Å². The highest BCUT2D eigenvalue weighted by atomic mass is 16.1. The SMILES string of the molecule is CC(=O)Nc1ccc([C@@H]2CCN2)cn1. The van der Waals surface area contributed by atoms with Crippen LogP contribution in [-0.2, 0) is 4.79 Å². The van der Waals surface area contributed by atoms with E-state index in [1.54, 1.807) is 0 Å². The predicted molar refractivity (Wildman–Crippen MR) is 53.9 cm³/mol. The van der Waals surface area contributed by atoms with Crippen molar-refractivity contribution in [1.82, 2.24) is 10.3 Å². The maximum Gasteiger partial charge on any atom is 0.222 e. The second kappa shape index (κ2) is 3.75. The van der Waals surface area contributed by atoms with Gasteiger partial charge in [-0.05, 0) is 24.6 Å². The Kier molecular flexibility index (Phi) is 2.45. The molecule has 1 saturated heterocycles. The van der Waals surface area contributed by atoms with E-state index in [1.807, 2.05) is 18.3 Å². The molecule has 14 heavy (non-hydrogen) atoms. The fourth-order valence-corrected chi connectivity index (χ4v) is 1.44. The van der Waals surface area contributed by atoms with Gasteiger partial charge in [0.1, 0.15) is 5.82 Å². The highest BCUT2D eigenvalue weighted by molar-refractivity contribution is 5.87. The van der Waals surface area contributed by atoms with Crippen molar-refractivity contribution in [3.8, 4) is 0 Å². The Morgan fingerprint density at radius 2 is 2.43 bits per heavy atom. The van der Waals surface area contributed by atoms with Crippen LogP contribution in [0.2, 0.25) is 0 Å². The molecular weight excluding hydrogens is 178 g/mol. The number of carbonyl (C=O) groups excluding carboxylic acids is 1. The van der Waals surface area contributed by atoms with Crippen LogP contribution in [-0.4, -0.2) is 17.4 Å². The summed E-state index contributed by atoms with van der Waals surface area (Å²) in [6.07, 6.45) is 2.98. The average molecular weight is 191 g/mol. The zero-order valence-corrected chi connectivity index (χ0v) is 8.08. The molecule has 1 atom stereocenters. The van der Waals surface area contributed by atoms with Crippen LogP contribution in [0.15, 0.2) is 18.3 Å². The van der Waals surface area contributed by atoms with Gasteiger partial charge in [0.15, 0.2) is 0 Å². The Balaban J connectivity index is 2.05. The van der Waals surface area contributed by atoms with Crippen molar-refractivity contribution in [1.29, 1.82) is 0 Å². The summed E-state index contributed by atoms with van der Waals surface area (Å²) in [5, 5.41) is 5.93. The number of pyridine rings is 1. The molecule has 0 saturated carbocycles. The first-order chi connectivity index (χ1) is 6.75. The van der Waals surface area contributed by atoms with Gasteiger partial charge in [-0.15, -0.1) is 0 Å². The summed E-state index contributed by atoms with van der Waals surface area (Å²) in [5.74, 6) is 0.521. The number of carbonyl (C=O) groups is 1. The van der Waals surface area contributed by atoms with Crippen LogP contribution < -0.4 is 10.6 Å². The smallest absolute Gasteiger partial charge is 0.222 e. The van der Waals surface area contributed by atoms with Crippen molar-refractivity contribution in [2.45, 2.75) is 19.4 Å². The van der Waals surface area contributed by atoms with Gasteiger partial charge in [0, 0.05) is 19.2 Å². The van der Waals surface area contributed by atoms with E-state index in [2.05, 4.69) is 15.6 Å². The first-order valence-corrected chi connectivity index (χ1v) is 4.72. The molecule has 2 heterocycles. The summed E-state index contributed by atoms with van der Waals surface area (Å²) >= 11 is 0. The molecule has 74 valence electrons. The lowest BCUT2D eigenvalue weighted by atomic mass is 10.00. The summed E-state index contributed by atoms with van der Waals surface area (Å²) in [7, 11) is 0. The molecule has 1 aromatic heterocycles. The zero-order chi connectivity index (χ0) is 9.97. The number of hydrogen-bond donors (Lipinski definition) is 2. The molecule has 0 unspecified atom stereocenters. The topological polar surface area (TPSA) is 54.0 Å². The van der Waals surface area contributed by atoms with E-state index >= 15 is 0 Å². The Morgan fingerprint density at radius 1 is 1.64 bits per heavy atom. The number of rotatable bonds is 2. The Hall–Kier alpha value is -1.42. The molecular formula is C10H13N3O. The van der Waals surface area contributed by atoms with Crippen molar-refractivity contribution in [2.24, 2.45) is 0 Å². The molecule has 1 fully saturated rings. The molecule has 0 radical (unpaired) electrons. The van der Waals surface area contributed by atoms with E-state index in [0.29, 0.717) is 11.9 Å². The number of nitrogens with zero attached hydrogens (tertiary/aromatic N) is 1. The first-order valence-electron chi connectivity index (χ1n) is 4.72. The van der Waals surface area contributed by atoms with Crippen molar-refractivity contribution < 1.29 is 4.79 Å². The van der Waals surface area contributed by atoms with Crippen LogP contribution >= 0.6 is 0 Å². The summed E-state index contributed by atoms with van der Waals surface area (Å²) in [5.41, 5.74) is 1.19. The Labute approximate surface area is 82.7 Å². The second-order valence-electron chi connectivity index (χ2n) is 3.45. The fourth-order valence-electron chi connectivity index (χ4n) is 1.44. The highest BCUT2D eigenvalue weighted by Crippen LogP contribution is 2.22. The quantitative estimate of drug-likeness (QED) is 0.735. The number of amides is 1. The van der Waals surface area contributed by atoms with E-state index in [-0.39, 0.29) is 5.91 Å². The minimum Gasteiger partial charge on any atom is -0.311 e. The van der Waals surface area contributed by atoms with E-state index in [9.17, 15) is 4.79 Å². The molecule has 1 amide bonds. The molecule has 1 aliphatic rings. The van der Waals surface area contributed by atoms with Gasteiger partial charge in [-0.2, -0.15) is 0 Å². The van der Waals surface area contributed by atoms with Gasteiger partial charge in [-0.1, -0.05) is 6.07 Å². The van der Waals surface area contributed by atoms with Crippen LogP contribution in [0.5, 0.6) is 0 Å². The monoisotopic (exact) mass is 191 g/mol. The average Bonchev–Trinajstić information content (AvgIpc) is 2.04. The van der Waals surface area contributed by atoms with Crippen molar-refractivity contribution in [3.05, 3.63) is 23.9 Å². The molecule has 1 aliphatic heterocycles. The van der Waals surface area contributed by atoms with Crippen LogP contribution in [0.1, 0.15) is 24.9 Å². The first kappa shape index (κ1) is 9.15. The van der Waals surface area contributed by atoms with Crippen molar-refractivity contribution >= 4 is 11.7 Å². The van der Waals surface area contributed by atoms with E-state index in [1.165, 1.54) is 18.9 Å². The maximum atomic E-state index is 10.7. The van der Waals surface area contributed by atoms with Crippen molar-refractivity contribution in [3.63, 3.8) is 0 Å². The second-order valence-corrected chi connectivity index (χ2v) is 3.45. The van der Waals surface area contributed by atoms with Crippen LogP contribution in [0, 0.1) is 0 Å².